The number of ketones is 1. The molecule has 0 saturated carbocycles. The average Bonchev–Trinajstić information content (AvgIpc) is 2.98. The van der Waals surface area contributed by atoms with E-state index in [4.69, 9.17) is 11.6 Å². The molecule has 2 unspecified atom stereocenters. The van der Waals surface area contributed by atoms with Crippen LogP contribution in [-0.2, 0) is 4.79 Å². The summed E-state index contributed by atoms with van der Waals surface area (Å²) in [7, 11) is 0. The lowest BCUT2D eigenvalue weighted by Gasteiger charge is -2.24. The topological polar surface area (TPSA) is 83.4 Å². The van der Waals surface area contributed by atoms with Crippen molar-refractivity contribution in [3.63, 3.8) is 0 Å². The van der Waals surface area contributed by atoms with Crippen LogP contribution in [0.5, 0.6) is 0 Å². The summed E-state index contributed by atoms with van der Waals surface area (Å²) in [4.78, 5) is 36.0. The third-order valence-electron chi connectivity index (χ3n) is 5.09. The third kappa shape index (κ3) is 3.86. The highest BCUT2D eigenvalue weighted by Crippen LogP contribution is 2.39. The molecule has 4 rings (SSSR count). The molecule has 29 heavy (non-hydrogen) atoms. The number of aliphatic hydroxyl groups is 1. The minimum absolute atomic E-state index is 0.00707. The lowest BCUT2D eigenvalue weighted by Crippen LogP contribution is -2.30. The maximum atomic E-state index is 13.1. The largest absolute Gasteiger partial charge is 0.393 e. The van der Waals surface area contributed by atoms with E-state index in [0.29, 0.717) is 28.6 Å². The fraction of sp³-hybridized carbons (Fsp3) is 0.273. The van der Waals surface area contributed by atoms with E-state index >= 15 is 0 Å². The molecular weight excluding hydrogens is 390 g/mol. The van der Waals surface area contributed by atoms with Crippen molar-refractivity contribution in [2.24, 2.45) is 0 Å². The van der Waals surface area contributed by atoms with Crippen molar-refractivity contribution >= 4 is 40.1 Å². The van der Waals surface area contributed by atoms with Crippen LogP contribution in [0.25, 0.3) is 11.0 Å². The van der Waals surface area contributed by atoms with E-state index in [1.54, 1.807) is 30.0 Å². The van der Waals surface area contributed by atoms with Crippen LogP contribution >= 0.6 is 11.6 Å². The van der Waals surface area contributed by atoms with Crippen LogP contribution in [-0.4, -0.2) is 32.9 Å². The first-order valence-electron chi connectivity index (χ1n) is 9.49. The quantitative estimate of drug-likeness (QED) is 0.619. The van der Waals surface area contributed by atoms with Gasteiger partial charge in [0.25, 0.3) is 5.91 Å². The molecule has 0 radical (unpaired) electrons. The minimum atomic E-state index is -0.537. The Morgan fingerprint density at radius 2 is 1.93 bits per heavy atom. The van der Waals surface area contributed by atoms with Crippen molar-refractivity contribution in [3.8, 4) is 0 Å². The number of pyridine rings is 2. The van der Waals surface area contributed by atoms with E-state index in [0.717, 1.165) is 10.9 Å². The zero-order valence-electron chi connectivity index (χ0n) is 15.9. The number of anilines is 1. The predicted octanol–water partition coefficient (Wildman–Crippen LogP) is 4.10. The lowest BCUT2D eigenvalue weighted by molar-refractivity contribution is -0.119. The standard InChI is InChI=1S/C22H20ClN3O3/c1-13(27)6-9-15(28)12-18-16-4-2-3-5-17(16)22(29)26(18)20-11-8-14-7-10-19(23)24-21(14)25-20/h2-5,7-8,10-11,13,18,27H,6,9,12H2,1H3. The molecular formula is C22H20ClN3O3. The molecule has 2 aromatic heterocycles. The molecule has 0 aliphatic carbocycles. The van der Waals surface area contributed by atoms with E-state index in [1.165, 1.54) is 0 Å². The fourth-order valence-corrected chi connectivity index (χ4v) is 3.79. The number of halogens is 1. The number of hydrogen-bond donors (Lipinski definition) is 1. The van der Waals surface area contributed by atoms with Gasteiger partial charge in [-0.3, -0.25) is 14.5 Å². The Balaban J connectivity index is 1.72. The summed E-state index contributed by atoms with van der Waals surface area (Å²) in [6, 6.07) is 14.0. The number of amides is 1. The number of aromatic nitrogens is 2. The van der Waals surface area contributed by atoms with Crippen LogP contribution in [0.15, 0.2) is 48.5 Å². The van der Waals surface area contributed by atoms with E-state index in [-0.39, 0.29) is 24.5 Å². The van der Waals surface area contributed by atoms with Gasteiger partial charge in [-0.05, 0) is 49.2 Å². The molecule has 1 N–H and O–H groups in total. The van der Waals surface area contributed by atoms with Gasteiger partial charge in [0.2, 0.25) is 0 Å². The van der Waals surface area contributed by atoms with Gasteiger partial charge in [-0.2, -0.15) is 0 Å². The van der Waals surface area contributed by atoms with Gasteiger partial charge in [0.1, 0.15) is 16.8 Å². The smallest absolute Gasteiger partial charge is 0.260 e. The third-order valence-corrected chi connectivity index (χ3v) is 5.30. The maximum Gasteiger partial charge on any atom is 0.260 e. The zero-order chi connectivity index (χ0) is 20.5. The van der Waals surface area contributed by atoms with Crippen LogP contribution in [0.3, 0.4) is 0 Å². The van der Waals surface area contributed by atoms with E-state index in [1.807, 2.05) is 30.3 Å². The Bertz CT molecular complexity index is 1100. The zero-order valence-corrected chi connectivity index (χ0v) is 16.6. The maximum absolute atomic E-state index is 13.1. The Morgan fingerprint density at radius 1 is 1.17 bits per heavy atom. The molecule has 1 aromatic carbocycles. The molecule has 6 nitrogen and oxygen atoms in total. The number of hydrogen-bond acceptors (Lipinski definition) is 5. The van der Waals surface area contributed by atoms with Crippen LogP contribution in [0, 0.1) is 0 Å². The predicted molar refractivity (Wildman–Crippen MR) is 111 cm³/mol. The Labute approximate surface area is 173 Å². The fourth-order valence-electron chi connectivity index (χ4n) is 3.65. The highest BCUT2D eigenvalue weighted by Gasteiger charge is 2.39. The van der Waals surface area contributed by atoms with Gasteiger partial charge < -0.3 is 5.11 Å². The lowest BCUT2D eigenvalue weighted by atomic mass is 9.98. The van der Waals surface area contributed by atoms with Gasteiger partial charge in [-0.25, -0.2) is 9.97 Å². The minimum Gasteiger partial charge on any atom is -0.393 e. The molecule has 3 heterocycles. The molecule has 1 amide bonds. The van der Waals surface area contributed by atoms with E-state index in [9.17, 15) is 14.7 Å². The molecule has 0 saturated heterocycles. The van der Waals surface area contributed by atoms with Gasteiger partial charge in [0, 0.05) is 23.8 Å². The van der Waals surface area contributed by atoms with Crippen molar-refractivity contribution in [2.75, 3.05) is 4.90 Å². The van der Waals surface area contributed by atoms with E-state index < -0.39 is 12.1 Å². The van der Waals surface area contributed by atoms with Crippen LogP contribution in [0.2, 0.25) is 5.15 Å². The molecule has 148 valence electrons. The first kappa shape index (κ1) is 19.5. The van der Waals surface area contributed by atoms with Gasteiger partial charge in [0.05, 0.1) is 12.1 Å². The number of carbonyl (C=O) groups is 2. The number of aliphatic hydroxyl groups excluding tert-OH is 1. The number of nitrogens with zero attached hydrogens (tertiary/aromatic N) is 3. The number of carbonyl (C=O) groups excluding carboxylic acids is 2. The van der Waals surface area contributed by atoms with Crippen molar-refractivity contribution in [1.82, 2.24) is 9.97 Å². The summed E-state index contributed by atoms with van der Waals surface area (Å²) in [5, 5.41) is 10.6. The molecule has 1 aliphatic heterocycles. The summed E-state index contributed by atoms with van der Waals surface area (Å²) in [6.45, 7) is 1.66. The highest BCUT2D eigenvalue weighted by atomic mass is 35.5. The average molecular weight is 410 g/mol. The highest BCUT2D eigenvalue weighted by molar-refractivity contribution is 6.29. The normalized spacial score (nSPS) is 16.9. The summed E-state index contributed by atoms with van der Waals surface area (Å²) in [6.07, 6.45) is 0.293. The van der Waals surface area contributed by atoms with Gasteiger partial charge in [0.15, 0.2) is 5.65 Å². The molecule has 0 spiro atoms. The molecule has 3 aromatic rings. The van der Waals surface area contributed by atoms with Crippen molar-refractivity contribution < 1.29 is 14.7 Å². The summed E-state index contributed by atoms with van der Waals surface area (Å²) < 4.78 is 0. The number of Topliss-reactive ketones (excluding diaryl/α,β-unsaturated/α-hetero) is 1. The first-order valence-corrected chi connectivity index (χ1v) is 9.87. The van der Waals surface area contributed by atoms with Crippen molar-refractivity contribution in [3.05, 3.63) is 64.8 Å². The van der Waals surface area contributed by atoms with Gasteiger partial charge >= 0.3 is 0 Å². The van der Waals surface area contributed by atoms with Gasteiger partial charge in [-0.15, -0.1) is 0 Å². The number of fused-ring (bicyclic) bond motifs is 2. The first-order chi connectivity index (χ1) is 13.9. The monoisotopic (exact) mass is 409 g/mol. The molecule has 2 atom stereocenters. The molecule has 7 heteroatoms. The second kappa shape index (κ2) is 7.89. The summed E-state index contributed by atoms with van der Waals surface area (Å²) in [5.74, 6) is 0.233. The summed E-state index contributed by atoms with van der Waals surface area (Å²) >= 11 is 5.99. The van der Waals surface area contributed by atoms with Gasteiger partial charge in [-0.1, -0.05) is 29.8 Å². The SMILES string of the molecule is CC(O)CCC(=O)CC1c2ccccc2C(=O)N1c1ccc2ccc(Cl)nc2n1. The van der Waals surface area contributed by atoms with Crippen LogP contribution < -0.4 is 4.90 Å². The number of benzene rings is 1. The Morgan fingerprint density at radius 3 is 2.72 bits per heavy atom. The van der Waals surface area contributed by atoms with E-state index in [2.05, 4.69) is 9.97 Å². The number of rotatable bonds is 6. The second-order valence-electron chi connectivity index (χ2n) is 7.26. The summed E-state index contributed by atoms with van der Waals surface area (Å²) in [5.41, 5.74) is 1.82. The molecule has 0 bridgehead atoms. The Kier molecular flexibility index (Phi) is 5.30. The van der Waals surface area contributed by atoms with Crippen LogP contribution in [0.1, 0.15) is 48.1 Å². The molecule has 0 fully saturated rings. The van der Waals surface area contributed by atoms with Crippen molar-refractivity contribution in [2.45, 2.75) is 38.3 Å². The molecule has 1 aliphatic rings. The Hall–Kier alpha value is -2.83. The second-order valence-corrected chi connectivity index (χ2v) is 7.65. The van der Waals surface area contributed by atoms with Crippen molar-refractivity contribution in [1.29, 1.82) is 0 Å². The van der Waals surface area contributed by atoms with Crippen LogP contribution in [0.4, 0.5) is 5.82 Å².